The fourth-order valence-electron chi connectivity index (χ4n) is 2.78. The molecule has 0 spiro atoms. The summed E-state index contributed by atoms with van der Waals surface area (Å²) in [5, 5.41) is 11.1. The van der Waals surface area contributed by atoms with Gasteiger partial charge >= 0.3 is 0 Å². The third kappa shape index (κ3) is 5.19. The molecule has 3 rings (SSSR count). The van der Waals surface area contributed by atoms with E-state index in [0.717, 1.165) is 36.9 Å². The molecule has 1 aromatic heterocycles. The van der Waals surface area contributed by atoms with Gasteiger partial charge in [-0.3, -0.25) is 9.69 Å². The van der Waals surface area contributed by atoms with Crippen molar-refractivity contribution in [1.82, 2.24) is 20.4 Å². The molecule has 2 heterocycles. The molecule has 0 radical (unpaired) electrons. The zero-order valence-corrected chi connectivity index (χ0v) is 15.0. The summed E-state index contributed by atoms with van der Waals surface area (Å²) in [6.45, 7) is 3.85. The van der Waals surface area contributed by atoms with Gasteiger partial charge in [-0.15, -0.1) is 10.2 Å². The van der Waals surface area contributed by atoms with E-state index in [9.17, 15) is 4.79 Å². The highest BCUT2D eigenvalue weighted by Gasteiger charge is 2.22. The Labute approximate surface area is 149 Å². The second-order valence-electron chi connectivity index (χ2n) is 5.87. The quantitative estimate of drug-likeness (QED) is 0.731. The number of nitrogens with one attached hydrogen (secondary N) is 1. The summed E-state index contributed by atoms with van der Waals surface area (Å²) in [5.41, 5.74) is 6.86. The molecular formula is C16H21N5OS2. The molecule has 1 aromatic carbocycles. The van der Waals surface area contributed by atoms with Gasteiger partial charge in [0.2, 0.25) is 11.0 Å². The van der Waals surface area contributed by atoms with Gasteiger partial charge in [-0.1, -0.05) is 53.4 Å². The van der Waals surface area contributed by atoms with Gasteiger partial charge in [-0.25, -0.2) is 0 Å². The summed E-state index contributed by atoms with van der Waals surface area (Å²) in [4.78, 5) is 14.4. The van der Waals surface area contributed by atoms with Crippen molar-refractivity contribution in [3.8, 4) is 0 Å². The molecule has 1 fully saturated rings. The van der Waals surface area contributed by atoms with Crippen molar-refractivity contribution in [2.75, 3.05) is 31.1 Å². The third-order valence-corrected chi connectivity index (χ3v) is 5.84. The Balaban J connectivity index is 1.34. The van der Waals surface area contributed by atoms with E-state index in [1.54, 1.807) is 0 Å². The summed E-state index contributed by atoms with van der Waals surface area (Å²) >= 11 is 2.68. The zero-order chi connectivity index (χ0) is 16.8. The van der Waals surface area contributed by atoms with Crippen LogP contribution in [0.4, 0.5) is 5.13 Å². The molecule has 1 atom stereocenters. The Hall–Kier alpha value is -1.64. The number of benzene rings is 1. The van der Waals surface area contributed by atoms with Crippen LogP contribution in [0, 0.1) is 5.92 Å². The molecule has 128 valence electrons. The number of carbonyl (C=O) groups excluding carboxylic acids is 1. The first-order valence-corrected chi connectivity index (χ1v) is 9.74. The molecule has 1 aliphatic heterocycles. The van der Waals surface area contributed by atoms with Gasteiger partial charge in [0.25, 0.3) is 0 Å². The molecule has 0 bridgehead atoms. The van der Waals surface area contributed by atoms with Gasteiger partial charge in [0.05, 0.1) is 5.75 Å². The van der Waals surface area contributed by atoms with Gasteiger partial charge in [0, 0.05) is 19.6 Å². The summed E-state index contributed by atoms with van der Waals surface area (Å²) in [5.74, 6) is 0.921. The number of amides is 1. The monoisotopic (exact) mass is 363 g/mol. The SMILES string of the molecule is Nc1nnc(SCC(=O)NCC2CCN(Cc3ccccc3)C2)s1. The van der Waals surface area contributed by atoms with Gasteiger partial charge in [0.15, 0.2) is 4.34 Å². The van der Waals surface area contributed by atoms with Crippen molar-refractivity contribution < 1.29 is 4.79 Å². The van der Waals surface area contributed by atoms with Crippen LogP contribution in [0.15, 0.2) is 34.7 Å². The second-order valence-corrected chi connectivity index (χ2v) is 8.11. The predicted molar refractivity (Wildman–Crippen MR) is 97.9 cm³/mol. The number of hydrogen-bond donors (Lipinski definition) is 2. The third-order valence-electron chi connectivity index (χ3n) is 3.96. The summed E-state index contributed by atoms with van der Waals surface area (Å²) < 4.78 is 0.734. The Morgan fingerprint density at radius 1 is 1.38 bits per heavy atom. The van der Waals surface area contributed by atoms with Crippen molar-refractivity contribution >= 4 is 34.1 Å². The number of likely N-dealkylation sites (tertiary alicyclic amines) is 1. The highest BCUT2D eigenvalue weighted by atomic mass is 32.2. The van der Waals surface area contributed by atoms with Gasteiger partial charge in [-0.05, 0) is 24.4 Å². The van der Waals surface area contributed by atoms with E-state index in [1.807, 2.05) is 6.07 Å². The fourth-order valence-corrected chi connectivity index (χ4v) is 4.25. The molecule has 24 heavy (non-hydrogen) atoms. The van der Waals surface area contributed by atoms with Crippen LogP contribution >= 0.6 is 23.1 Å². The molecule has 1 saturated heterocycles. The minimum atomic E-state index is 0.0373. The van der Waals surface area contributed by atoms with Crippen LogP contribution in [-0.2, 0) is 11.3 Å². The van der Waals surface area contributed by atoms with Crippen molar-refractivity contribution in [2.24, 2.45) is 5.92 Å². The van der Waals surface area contributed by atoms with Crippen molar-refractivity contribution in [3.05, 3.63) is 35.9 Å². The highest BCUT2D eigenvalue weighted by molar-refractivity contribution is 8.01. The topological polar surface area (TPSA) is 84.1 Å². The highest BCUT2D eigenvalue weighted by Crippen LogP contribution is 2.23. The predicted octanol–water partition coefficient (Wildman–Crippen LogP) is 1.85. The van der Waals surface area contributed by atoms with Crippen LogP contribution in [0.25, 0.3) is 0 Å². The average molecular weight is 364 g/mol. The smallest absolute Gasteiger partial charge is 0.230 e. The van der Waals surface area contributed by atoms with Crippen LogP contribution in [0.1, 0.15) is 12.0 Å². The number of thioether (sulfide) groups is 1. The van der Waals surface area contributed by atoms with E-state index in [2.05, 4.69) is 44.7 Å². The lowest BCUT2D eigenvalue weighted by Crippen LogP contribution is -2.32. The lowest BCUT2D eigenvalue weighted by Gasteiger charge is -2.16. The van der Waals surface area contributed by atoms with E-state index in [0.29, 0.717) is 16.8 Å². The van der Waals surface area contributed by atoms with Crippen LogP contribution in [0.3, 0.4) is 0 Å². The summed E-state index contributed by atoms with van der Waals surface area (Å²) in [6.07, 6.45) is 1.13. The van der Waals surface area contributed by atoms with Gasteiger partial charge in [-0.2, -0.15) is 0 Å². The number of aromatic nitrogens is 2. The first-order valence-electron chi connectivity index (χ1n) is 7.94. The van der Waals surface area contributed by atoms with E-state index in [-0.39, 0.29) is 5.91 Å². The first-order chi connectivity index (χ1) is 11.7. The maximum atomic E-state index is 11.9. The van der Waals surface area contributed by atoms with Crippen molar-refractivity contribution in [1.29, 1.82) is 0 Å². The second kappa shape index (κ2) is 8.46. The largest absolute Gasteiger partial charge is 0.374 e. The fraction of sp³-hybridized carbons (Fsp3) is 0.438. The Kier molecular flexibility index (Phi) is 6.06. The maximum Gasteiger partial charge on any atom is 0.230 e. The molecule has 1 unspecified atom stereocenters. The molecular weight excluding hydrogens is 342 g/mol. The number of carbonyl (C=O) groups is 1. The normalized spacial score (nSPS) is 17.9. The van der Waals surface area contributed by atoms with Crippen molar-refractivity contribution in [2.45, 2.75) is 17.3 Å². The Morgan fingerprint density at radius 3 is 2.96 bits per heavy atom. The lowest BCUT2D eigenvalue weighted by atomic mass is 10.1. The van der Waals surface area contributed by atoms with Crippen molar-refractivity contribution in [3.63, 3.8) is 0 Å². The van der Waals surface area contributed by atoms with Crippen LogP contribution in [0.5, 0.6) is 0 Å². The average Bonchev–Trinajstić information content (AvgIpc) is 3.21. The molecule has 8 heteroatoms. The molecule has 0 saturated carbocycles. The number of nitrogen functional groups attached to an aromatic ring is 1. The molecule has 0 aliphatic carbocycles. The van der Waals surface area contributed by atoms with Crippen LogP contribution in [-0.4, -0.2) is 46.4 Å². The molecule has 1 amide bonds. The number of hydrogen-bond acceptors (Lipinski definition) is 7. The number of nitrogens with two attached hydrogens (primary N) is 1. The van der Waals surface area contributed by atoms with Crippen LogP contribution in [0.2, 0.25) is 0 Å². The molecule has 2 aromatic rings. The van der Waals surface area contributed by atoms with E-state index in [4.69, 9.17) is 5.73 Å². The standard InChI is InChI=1S/C16H21N5OS2/c17-15-19-20-16(24-15)23-11-14(22)18-8-13-6-7-21(10-13)9-12-4-2-1-3-5-12/h1-5,13H,6-11H2,(H2,17,19)(H,18,22). The number of nitrogens with zero attached hydrogens (tertiary/aromatic N) is 3. The number of rotatable bonds is 7. The van der Waals surface area contributed by atoms with E-state index in [1.165, 1.54) is 28.7 Å². The molecule has 1 aliphatic rings. The van der Waals surface area contributed by atoms with E-state index >= 15 is 0 Å². The molecule has 6 nitrogen and oxygen atoms in total. The summed E-state index contributed by atoms with van der Waals surface area (Å²) in [7, 11) is 0. The Bertz CT molecular complexity index is 663. The number of anilines is 1. The first kappa shape index (κ1) is 17.2. The minimum Gasteiger partial charge on any atom is -0.374 e. The Morgan fingerprint density at radius 2 is 2.21 bits per heavy atom. The van der Waals surface area contributed by atoms with Gasteiger partial charge in [0.1, 0.15) is 0 Å². The van der Waals surface area contributed by atoms with Crippen LogP contribution < -0.4 is 11.1 Å². The maximum absolute atomic E-state index is 11.9. The van der Waals surface area contributed by atoms with E-state index < -0.39 is 0 Å². The summed E-state index contributed by atoms with van der Waals surface area (Å²) in [6, 6.07) is 10.5. The molecule has 3 N–H and O–H groups in total. The lowest BCUT2D eigenvalue weighted by molar-refractivity contribution is -0.118. The zero-order valence-electron chi connectivity index (χ0n) is 13.4. The van der Waals surface area contributed by atoms with Gasteiger partial charge < -0.3 is 11.1 Å². The minimum absolute atomic E-state index is 0.0373.